The van der Waals surface area contributed by atoms with E-state index >= 15 is 0 Å². The second-order valence-corrected chi connectivity index (χ2v) is 25.2. The van der Waals surface area contributed by atoms with E-state index in [0.717, 1.165) is 0 Å². The molecule has 1 aliphatic heterocycles. The molecule has 5 aromatic rings. The zero-order chi connectivity index (χ0) is 31.0. The summed E-state index contributed by atoms with van der Waals surface area (Å²) in [6.07, 6.45) is 0. The van der Waals surface area contributed by atoms with Crippen LogP contribution >= 0.6 is 34.8 Å². The van der Waals surface area contributed by atoms with Gasteiger partial charge in [-0.2, -0.15) is 0 Å². The molecule has 0 saturated heterocycles. The number of nitrogens with two attached hydrogens (primary N) is 2. The van der Waals surface area contributed by atoms with E-state index in [1.165, 1.54) is 0 Å². The second-order valence-electron chi connectivity index (χ2n) is 10.1. The molecule has 12 heteroatoms. The first-order chi connectivity index (χ1) is 21.1. The van der Waals surface area contributed by atoms with E-state index in [0.29, 0.717) is 36.8 Å². The Morgan fingerprint density at radius 1 is 0.659 bits per heavy atom. The SMILES string of the molecule is Nc1ccccc1C(=O)N[O][Sb-]1([c]2ccc(Cl)cc2)([c]2ccc(Cl)cc2)([c]2ccc(Cl)cc2)[O]N=C(c2ccccc2N)[O]1. The number of hydrogen-bond donors (Lipinski definition) is 3. The van der Waals surface area contributed by atoms with Gasteiger partial charge in [-0.1, -0.05) is 0 Å². The maximum absolute atomic E-state index is 13.8. The van der Waals surface area contributed by atoms with Crippen molar-refractivity contribution < 1.29 is 14.0 Å². The van der Waals surface area contributed by atoms with Gasteiger partial charge in [0.05, 0.1) is 0 Å². The average molecular weight is 758 g/mol. The van der Waals surface area contributed by atoms with Crippen LogP contribution < -0.4 is 27.5 Å². The minimum atomic E-state index is -7.18. The van der Waals surface area contributed by atoms with Crippen LogP contribution in [-0.2, 0) is 9.25 Å². The normalized spacial score (nSPS) is 17.4. The Bertz CT molecular complexity index is 1820. The van der Waals surface area contributed by atoms with Crippen LogP contribution in [-0.4, -0.2) is 29.1 Å². The second kappa shape index (κ2) is 10.9. The first kappa shape index (κ1) is 30.1. The molecule has 6 rings (SSSR count). The number of carbonyl (C=O) groups excluding carboxylic acids is 1. The number of rotatable bonds is 7. The van der Waals surface area contributed by atoms with Crippen molar-refractivity contribution in [2.75, 3.05) is 11.5 Å². The van der Waals surface area contributed by atoms with Gasteiger partial charge in [0.15, 0.2) is 0 Å². The maximum atomic E-state index is 13.8. The van der Waals surface area contributed by atoms with Crippen molar-refractivity contribution in [2.45, 2.75) is 0 Å². The molecule has 1 aliphatic rings. The fraction of sp³-hybridized carbons (Fsp3) is 0. The zero-order valence-corrected chi connectivity index (χ0v) is 27.7. The Morgan fingerprint density at radius 2 is 1.11 bits per heavy atom. The molecule has 8 nitrogen and oxygen atoms in total. The third-order valence-electron chi connectivity index (χ3n) is 7.56. The number of hydrogen-bond acceptors (Lipinski definition) is 7. The topological polar surface area (TPSA) is 121 Å². The fourth-order valence-corrected chi connectivity index (χ4v) is 21.2. The van der Waals surface area contributed by atoms with Gasteiger partial charge in [0.1, 0.15) is 0 Å². The molecule has 0 spiro atoms. The van der Waals surface area contributed by atoms with Crippen LogP contribution in [0.5, 0.6) is 0 Å². The number of anilines is 2. The number of benzene rings is 5. The zero-order valence-electron chi connectivity index (χ0n) is 22.9. The number of oxime groups is 1. The molecule has 0 aliphatic carbocycles. The summed E-state index contributed by atoms with van der Waals surface area (Å²) in [5.41, 5.74) is 16.4. The van der Waals surface area contributed by atoms with E-state index in [1.807, 2.05) is 0 Å². The van der Waals surface area contributed by atoms with E-state index in [2.05, 4.69) is 10.6 Å². The molecule has 224 valence electrons. The summed E-state index contributed by atoms with van der Waals surface area (Å²) in [6.45, 7) is 0. The van der Waals surface area contributed by atoms with E-state index in [9.17, 15) is 4.79 Å². The Hall–Kier alpha value is -3.91. The van der Waals surface area contributed by atoms with E-state index in [4.69, 9.17) is 55.5 Å². The number of para-hydroxylation sites is 2. The van der Waals surface area contributed by atoms with Crippen LogP contribution in [0, 0.1) is 0 Å². The summed E-state index contributed by atoms with van der Waals surface area (Å²) in [6, 6.07) is 34.0. The Labute approximate surface area is 267 Å². The van der Waals surface area contributed by atoms with Gasteiger partial charge in [0, 0.05) is 0 Å². The van der Waals surface area contributed by atoms with Crippen molar-refractivity contribution in [3.8, 4) is 0 Å². The van der Waals surface area contributed by atoms with Crippen molar-refractivity contribution >= 4 is 85.8 Å². The monoisotopic (exact) mass is 755 g/mol. The van der Waals surface area contributed by atoms with E-state index in [1.54, 1.807) is 121 Å². The van der Waals surface area contributed by atoms with E-state index in [-0.39, 0.29) is 17.1 Å². The van der Waals surface area contributed by atoms with Crippen LogP contribution in [0.25, 0.3) is 0 Å². The van der Waals surface area contributed by atoms with Crippen molar-refractivity contribution in [3.05, 3.63) is 148 Å². The van der Waals surface area contributed by atoms with Crippen molar-refractivity contribution in [2.24, 2.45) is 5.16 Å². The van der Waals surface area contributed by atoms with Crippen molar-refractivity contribution in [1.29, 1.82) is 0 Å². The third kappa shape index (κ3) is 4.40. The minimum absolute atomic E-state index is 0.0328. The van der Waals surface area contributed by atoms with Gasteiger partial charge in [-0.05, 0) is 0 Å². The Balaban J connectivity index is 1.73. The van der Waals surface area contributed by atoms with Gasteiger partial charge in [-0.15, -0.1) is 0 Å². The molecule has 0 aromatic heterocycles. The number of carbonyl (C=O) groups is 1. The molecule has 44 heavy (non-hydrogen) atoms. The summed E-state index contributed by atoms with van der Waals surface area (Å²) in [4.78, 5) is 13.8. The first-order valence-electron chi connectivity index (χ1n) is 13.3. The number of nitrogen functional groups attached to an aromatic ring is 2. The summed E-state index contributed by atoms with van der Waals surface area (Å²) in [7, 11) is 0. The van der Waals surface area contributed by atoms with Gasteiger partial charge in [0.2, 0.25) is 0 Å². The molecule has 0 unspecified atom stereocenters. The van der Waals surface area contributed by atoms with Crippen LogP contribution in [0.4, 0.5) is 11.4 Å². The van der Waals surface area contributed by atoms with Crippen LogP contribution in [0.2, 0.25) is 15.1 Å². The standard InChI is InChI=1S/C7H8N2O2.C7H7N2O2.3C6H4Cl.Sb/c2*8-6-4-2-1-3-5(6)7(10)9-11;3*7-6-4-2-1-3-5-6;/h1-4,11H,8H2,(H,9,10);1-4H,(H3-,8,9,10,11);3*2-5H;/q;-1;;;;+2/p-2. The van der Waals surface area contributed by atoms with Crippen LogP contribution in [0.15, 0.2) is 126 Å². The Kier molecular flexibility index (Phi) is 7.47. The van der Waals surface area contributed by atoms with Gasteiger partial charge in [-0.25, -0.2) is 0 Å². The molecule has 5 N–H and O–H groups in total. The summed E-state index contributed by atoms with van der Waals surface area (Å²) >= 11 is 12.0. The number of amides is 1. The number of nitrogens with zero attached hydrogens (tertiary/aromatic N) is 1. The van der Waals surface area contributed by atoms with Gasteiger partial charge in [-0.3, -0.25) is 0 Å². The molecule has 0 atom stereocenters. The predicted molar refractivity (Wildman–Crippen MR) is 178 cm³/mol. The van der Waals surface area contributed by atoms with Crippen LogP contribution in [0.1, 0.15) is 15.9 Å². The fourth-order valence-electron chi connectivity index (χ4n) is 5.32. The van der Waals surface area contributed by atoms with Crippen molar-refractivity contribution in [3.63, 3.8) is 0 Å². The number of hydroxylamine groups is 1. The molecular formula is C32H25Cl3N4O4Sb-. The predicted octanol–water partition coefficient (Wildman–Crippen LogP) is 5.45. The average Bonchev–Trinajstić information content (AvgIpc) is 3.41. The third-order valence-corrected chi connectivity index (χ3v) is 25.2. The van der Waals surface area contributed by atoms with E-state index < -0.39 is 23.2 Å². The molecular weight excluding hydrogens is 732 g/mol. The first-order valence-corrected chi connectivity index (χ1v) is 21.3. The molecule has 1 amide bonds. The number of nitrogens with one attached hydrogen (secondary N) is 1. The van der Waals surface area contributed by atoms with Gasteiger partial charge in [0.25, 0.3) is 0 Å². The van der Waals surface area contributed by atoms with Crippen LogP contribution in [0.3, 0.4) is 0 Å². The summed E-state index contributed by atoms with van der Waals surface area (Å²) in [5, 5.41) is 5.86. The molecule has 5 aromatic carbocycles. The molecule has 0 fully saturated rings. The summed E-state index contributed by atoms with van der Waals surface area (Å²) in [5.74, 6) is -0.615. The number of halogens is 3. The van der Waals surface area contributed by atoms with Gasteiger partial charge < -0.3 is 0 Å². The molecule has 1 heterocycles. The quantitative estimate of drug-likeness (QED) is 0.116. The molecule has 0 saturated carbocycles. The van der Waals surface area contributed by atoms with Gasteiger partial charge >= 0.3 is 269 Å². The summed E-state index contributed by atoms with van der Waals surface area (Å²) < 4.78 is 22.2. The van der Waals surface area contributed by atoms with Crippen molar-refractivity contribution in [1.82, 2.24) is 5.48 Å². The molecule has 0 radical (unpaired) electrons. The molecule has 0 bridgehead atoms. The Morgan fingerprint density at radius 3 is 1.59 bits per heavy atom.